The zero-order valence-corrected chi connectivity index (χ0v) is 19.5. The molecule has 0 N–H and O–H groups in total. The normalized spacial score (nSPS) is 16.3. The standard InChI is InChI=1S/C25H25ClN4O4/c1-33-21-6-4-18(5-7-21)13-29-14-22(34-17-19-3-2-9-27-12-19)15-30(16-24(29)31)25(32)20-8-10-28-23(26)11-20/h2-12,22H,13-17H2,1H3. The number of aromatic nitrogens is 2. The van der Waals surface area contributed by atoms with Crippen LogP contribution in [-0.2, 0) is 22.7 Å². The Morgan fingerprint density at radius 2 is 1.94 bits per heavy atom. The minimum Gasteiger partial charge on any atom is -0.497 e. The summed E-state index contributed by atoms with van der Waals surface area (Å²) >= 11 is 5.97. The van der Waals surface area contributed by atoms with Crippen LogP contribution < -0.4 is 4.74 Å². The number of hydrogen-bond acceptors (Lipinski definition) is 6. The van der Waals surface area contributed by atoms with Crippen LogP contribution in [-0.4, -0.2) is 64.4 Å². The van der Waals surface area contributed by atoms with Crippen molar-refractivity contribution in [3.8, 4) is 5.75 Å². The number of carbonyl (C=O) groups is 2. The molecule has 8 nitrogen and oxygen atoms in total. The van der Waals surface area contributed by atoms with Gasteiger partial charge in [-0.2, -0.15) is 0 Å². The lowest BCUT2D eigenvalue weighted by Gasteiger charge is -2.25. The summed E-state index contributed by atoms with van der Waals surface area (Å²) in [5.41, 5.74) is 2.25. The Bertz CT molecular complexity index is 1130. The van der Waals surface area contributed by atoms with Crippen LogP contribution >= 0.6 is 11.6 Å². The van der Waals surface area contributed by atoms with E-state index in [0.717, 1.165) is 16.9 Å². The van der Waals surface area contributed by atoms with E-state index in [4.69, 9.17) is 21.1 Å². The molecule has 3 aromatic rings. The maximum atomic E-state index is 13.2. The van der Waals surface area contributed by atoms with E-state index in [1.165, 1.54) is 17.2 Å². The van der Waals surface area contributed by atoms with E-state index >= 15 is 0 Å². The number of hydrogen-bond donors (Lipinski definition) is 0. The molecule has 1 aliphatic heterocycles. The van der Waals surface area contributed by atoms with E-state index < -0.39 is 0 Å². The molecule has 1 atom stereocenters. The van der Waals surface area contributed by atoms with Gasteiger partial charge in [0.15, 0.2) is 0 Å². The minimum atomic E-state index is -0.383. The van der Waals surface area contributed by atoms with Crippen LogP contribution in [0.1, 0.15) is 21.5 Å². The monoisotopic (exact) mass is 480 g/mol. The van der Waals surface area contributed by atoms with Crippen molar-refractivity contribution < 1.29 is 19.1 Å². The van der Waals surface area contributed by atoms with Gasteiger partial charge in [0.2, 0.25) is 5.91 Å². The smallest absolute Gasteiger partial charge is 0.254 e. The molecule has 4 rings (SSSR count). The Morgan fingerprint density at radius 1 is 1.12 bits per heavy atom. The summed E-state index contributed by atoms with van der Waals surface area (Å²) in [7, 11) is 1.61. The molecule has 1 aliphatic rings. The zero-order chi connectivity index (χ0) is 23.9. The first kappa shape index (κ1) is 23.7. The van der Waals surface area contributed by atoms with Crippen LogP contribution in [0.5, 0.6) is 5.75 Å². The third-order valence-corrected chi connectivity index (χ3v) is 5.74. The van der Waals surface area contributed by atoms with Gasteiger partial charge in [-0.15, -0.1) is 0 Å². The number of halogens is 1. The Labute approximate surface area is 203 Å². The second kappa shape index (κ2) is 11.1. The lowest BCUT2D eigenvalue weighted by molar-refractivity contribution is -0.132. The quantitative estimate of drug-likeness (QED) is 0.483. The van der Waals surface area contributed by atoms with Gasteiger partial charge in [0.05, 0.1) is 19.8 Å². The highest BCUT2D eigenvalue weighted by molar-refractivity contribution is 6.29. The van der Waals surface area contributed by atoms with E-state index in [9.17, 15) is 9.59 Å². The molecular weight excluding hydrogens is 456 g/mol. The molecule has 1 saturated heterocycles. The number of methoxy groups -OCH3 is 1. The summed E-state index contributed by atoms with van der Waals surface area (Å²) in [4.78, 5) is 37.7. The lowest BCUT2D eigenvalue weighted by Crippen LogP contribution is -2.39. The van der Waals surface area contributed by atoms with Crippen LogP contribution in [0.4, 0.5) is 0 Å². The fourth-order valence-corrected chi connectivity index (χ4v) is 3.93. The third-order valence-electron chi connectivity index (χ3n) is 5.53. The molecule has 3 heterocycles. The van der Waals surface area contributed by atoms with Gasteiger partial charge in [-0.25, -0.2) is 4.98 Å². The molecule has 0 aliphatic carbocycles. The van der Waals surface area contributed by atoms with Crippen molar-refractivity contribution in [3.05, 3.63) is 89.0 Å². The van der Waals surface area contributed by atoms with E-state index in [1.807, 2.05) is 36.4 Å². The highest BCUT2D eigenvalue weighted by Gasteiger charge is 2.31. The summed E-state index contributed by atoms with van der Waals surface area (Å²) in [5, 5.41) is 0.220. The second-order valence-electron chi connectivity index (χ2n) is 7.97. The first-order valence-electron chi connectivity index (χ1n) is 10.8. The van der Waals surface area contributed by atoms with Gasteiger partial charge < -0.3 is 19.3 Å². The molecule has 1 unspecified atom stereocenters. The molecule has 1 aromatic carbocycles. The number of carbonyl (C=O) groups excluding carboxylic acids is 2. The maximum Gasteiger partial charge on any atom is 0.254 e. The van der Waals surface area contributed by atoms with Gasteiger partial charge >= 0.3 is 0 Å². The van der Waals surface area contributed by atoms with Gasteiger partial charge in [0, 0.05) is 43.8 Å². The minimum absolute atomic E-state index is 0.0539. The van der Waals surface area contributed by atoms with E-state index in [1.54, 1.807) is 30.5 Å². The highest BCUT2D eigenvalue weighted by atomic mass is 35.5. The van der Waals surface area contributed by atoms with Crippen molar-refractivity contribution in [1.82, 2.24) is 19.8 Å². The third kappa shape index (κ3) is 6.09. The molecule has 0 bridgehead atoms. The van der Waals surface area contributed by atoms with Crippen molar-refractivity contribution in [1.29, 1.82) is 0 Å². The molecule has 34 heavy (non-hydrogen) atoms. The average molecular weight is 481 g/mol. The Hall–Kier alpha value is -3.49. The summed E-state index contributed by atoms with van der Waals surface area (Å²) in [6.45, 7) is 1.29. The number of rotatable bonds is 7. The Balaban J connectivity index is 1.53. The molecule has 0 spiro atoms. The second-order valence-corrected chi connectivity index (χ2v) is 8.36. The van der Waals surface area contributed by atoms with E-state index in [-0.39, 0.29) is 36.2 Å². The number of benzene rings is 1. The summed E-state index contributed by atoms with van der Waals surface area (Å²) < 4.78 is 11.4. The molecule has 176 valence electrons. The molecule has 0 saturated carbocycles. The maximum absolute atomic E-state index is 13.2. The summed E-state index contributed by atoms with van der Waals surface area (Å²) in [6, 6.07) is 14.4. The van der Waals surface area contributed by atoms with E-state index in [0.29, 0.717) is 25.3 Å². The fraction of sp³-hybridized carbons (Fsp3) is 0.280. The van der Waals surface area contributed by atoms with Gasteiger partial charge in [0.1, 0.15) is 17.4 Å². The molecule has 1 fully saturated rings. The molecule has 0 radical (unpaired) electrons. The Morgan fingerprint density at radius 3 is 2.65 bits per heavy atom. The summed E-state index contributed by atoms with van der Waals surface area (Å²) in [5.74, 6) is 0.298. The predicted octanol–water partition coefficient (Wildman–Crippen LogP) is 3.21. The molecule has 9 heteroatoms. The van der Waals surface area contributed by atoms with Crippen molar-refractivity contribution >= 4 is 23.4 Å². The SMILES string of the molecule is COc1ccc(CN2CC(OCc3cccnc3)CN(C(=O)c3ccnc(Cl)c3)CC2=O)cc1. The fourth-order valence-electron chi connectivity index (χ4n) is 3.76. The van der Waals surface area contributed by atoms with E-state index in [2.05, 4.69) is 9.97 Å². The first-order valence-corrected chi connectivity index (χ1v) is 11.2. The van der Waals surface area contributed by atoms with Crippen molar-refractivity contribution in [2.45, 2.75) is 19.3 Å². The lowest BCUT2D eigenvalue weighted by atomic mass is 10.2. The van der Waals surface area contributed by atoms with Gasteiger partial charge in [-0.3, -0.25) is 14.6 Å². The summed E-state index contributed by atoms with van der Waals surface area (Å²) in [6.07, 6.45) is 4.52. The number of ether oxygens (including phenoxy) is 2. The van der Waals surface area contributed by atoms with Crippen LogP contribution in [0.15, 0.2) is 67.1 Å². The van der Waals surface area contributed by atoms with Gasteiger partial charge in [-0.05, 0) is 41.5 Å². The number of nitrogens with zero attached hydrogens (tertiary/aromatic N) is 4. The topological polar surface area (TPSA) is 84.9 Å². The number of pyridine rings is 2. The highest BCUT2D eigenvalue weighted by Crippen LogP contribution is 2.18. The van der Waals surface area contributed by atoms with Gasteiger partial charge in [-0.1, -0.05) is 29.8 Å². The first-order chi connectivity index (χ1) is 16.5. The molecular formula is C25H25ClN4O4. The van der Waals surface area contributed by atoms with Gasteiger partial charge in [0.25, 0.3) is 5.91 Å². The molecule has 2 amide bonds. The van der Waals surface area contributed by atoms with Crippen molar-refractivity contribution in [2.24, 2.45) is 0 Å². The van der Waals surface area contributed by atoms with Crippen LogP contribution in [0.2, 0.25) is 5.15 Å². The number of amides is 2. The van der Waals surface area contributed by atoms with Crippen LogP contribution in [0.25, 0.3) is 0 Å². The van der Waals surface area contributed by atoms with Crippen LogP contribution in [0.3, 0.4) is 0 Å². The average Bonchev–Trinajstić information content (AvgIpc) is 3.02. The van der Waals surface area contributed by atoms with Crippen LogP contribution in [0, 0.1) is 0 Å². The molecule has 2 aromatic heterocycles. The van der Waals surface area contributed by atoms with Crippen molar-refractivity contribution in [3.63, 3.8) is 0 Å². The van der Waals surface area contributed by atoms with Crippen molar-refractivity contribution in [2.75, 3.05) is 26.7 Å². The predicted molar refractivity (Wildman–Crippen MR) is 126 cm³/mol. The largest absolute Gasteiger partial charge is 0.497 e. The Kier molecular flexibility index (Phi) is 7.72. The zero-order valence-electron chi connectivity index (χ0n) is 18.8.